The lowest BCUT2D eigenvalue weighted by Gasteiger charge is -2.17. The molecule has 0 spiro atoms. The van der Waals surface area contributed by atoms with Crippen molar-refractivity contribution in [2.24, 2.45) is 0 Å². The van der Waals surface area contributed by atoms with Crippen LogP contribution in [0.4, 0.5) is 0 Å². The van der Waals surface area contributed by atoms with E-state index in [2.05, 4.69) is 4.83 Å². The fourth-order valence-electron chi connectivity index (χ4n) is 0.292. The van der Waals surface area contributed by atoms with Gasteiger partial charge < -0.3 is 10.4 Å². The van der Waals surface area contributed by atoms with Gasteiger partial charge in [0.15, 0.2) is 0 Å². The Morgan fingerprint density at radius 3 is 2.83 bits per heavy atom. The van der Waals surface area contributed by atoms with Crippen molar-refractivity contribution < 1.29 is 0 Å². The van der Waals surface area contributed by atoms with E-state index in [1.165, 1.54) is 11.9 Å². The zero-order valence-electron chi connectivity index (χ0n) is 3.18. The molecule has 0 radical (unpaired) electrons. The van der Waals surface area contributed by atoms with E-state index in [-0.39, 0.29) is 0 Å². The highest BCUT2D eigenvalue weighted by atomic mass is 32.2. The largest absolute Gasteiger partial charge is 0.771 e. The minimum absolute atomic E-state index is 0.616. The van der Waals surface area contributed by atoms with Gasteiger partial charge in [-0.2, -0.15) is 0 Å². The summed E-state index contributed by atoms with van der Waals surface area (Å²) in [6.45, 7) is 0.616. The maximum atomic E-state index is 10.0. The lowest BCUT2D eigenvalue weighted by molar-refractivity contribution is 0.401. The number of hydrogen-bond acceptors (Lipinski definition) is 4. The molecule has 1 N–H and O–H groups in total. The van der Waals surface area contributed by atoms with Crippen LogP contribution in [-0.2, 0) is 0 Å². The van der Waals surface area contributed by atoms with E-state index in [1.54, 1.807) is 0 Å². The molecule has 0 aromatic rings. The van der Waals surface area contributed by atoms with E-state index in [0.29, 0.717) is 6.54 Å². The number of nitrogens with zero attached hydrogens (tertiary/aromatic N) is 1. The van der Waals surface area contributed by atoms with E-state index in [9.17, 15) is 5.21 Å². The molecular formula is C2H5N2OS-. The highest BCUT2D eigenvalue weighted by Crippen LogP contribution is 2.02. The Balaban J connectivity index is 2.18. The average molecular weight is 105 g/mol. The number of hydroxylamine groups is 1. The quantitative estimate of drug-likeness (QED) is 0.438. The summed E-state index contributed by atoms with van der Waals surface area (Å²) < 4.78 is 0. The summed E-state index contributed by atoms with van der Waals surface area (Å²) in [7, 11) is 0. The highest BCUT2D eigenvalue weighted by Gasteiger charge is 1.97. The molecule has 0 saturated carbocycles. The van der Waals surface area contributed by atoms with Crippen molar-refractivity contribution in [3.8, 4) is 0 Å². The lowest BCUT2D eigenvalue weighted by atomic mass is 10.8. The maximum absolute atomic E-state index is 10.0. The standard InChI is InChI=1S/C2H5N2OS/c5-4-1-2-6-3-4/h3H,1-2H2/q-1. The third-order valence-electron chi connectivity index (χ3n) is 0.563. The first-order valence-corrected chi connectivity index (χ1v) is 2.70. The molecule has 1 fully saturated rings. The van der Waals surface area contributed by atoms with Gasteiger partial charge >= 0.3 is 0 Å². The Labute approximate surface area is 40.4 Å². The second-order valence-electron chi connectivity index (χ2n) is 1.04. The van der Waals surface area contributed by atoms with Crippen molar-refractivity contribution in [2.75, 3.05) is 12.3 Å². The minimum Gasteiger partial charge on any atom is -0.771 e. The molecule has 1 rings (SSSR count). The summed E-state index contributed by atoms with van der Waals surface area (Å²) in [6.07, 6.45) is 0. The molecule has 6 heavy (non-hydrogen) atoms. The van der Waals surface area contributed by atoms with Crippen LogP contribution in [0.25, 0.3) is 0 Å². The third-order valence-corrected chi connectivity index (χ3v) is 1.28. The molecule has 0 aromatic carbocycles. The maximum Gasteiger partial charge on any atom is 0.0222 e. The molecule has 1 saturated heterocycles. The van der Waals surface area contributed by atoms with E-state index >= 15 is 0 Å². The predicted molar refractivity (Wildman–Crippen MR) is 25.7 cm³/mol. The summed E-state index contributed by atoms with van der Waals surface area (Å²) in [5.74, 6) is 0.906. The average Bonchev–Trinajstić information content (AvgIpc) is 1.86. The molecule has 1 heterocycles. The molecular weight excluding hydrogens is 100 g/mol. The first kappa shape index (κ1) is 4.39. The summed E-state index contributed by atoms with van der Waals surface area (Å²) in [4.78, 5) is 2.51. The zero-order valence-corrected chi connectivity index (χ0v) is 3.99. The van der Waals surface area contributed by atoms with Gasteiger partial charge in [0.2, 0.25) is 0 Å². The van der Waals surface area contributed by atoms with E-state index in [0.717, 1.165) is 10.9 Å². The number of hydrogen-bond donors (Lipinski definition) is 1. The molecule has 3 nitrogen and oxygen atoms in total. The van der Waals surface area contributed by atoms with Crippen LogP contribution in [0.1, 0.15) is 0 Å². The molecule has 0 aromatic heterocycles. The molecule has 4 heteroatoms. The zero-order chi connectivity index (χ0) is 4.41. The Bertz CT molecular complexity index is 44.8. The Kier molecular flexibility index (Phi) is 1.31. The van der Waals surface area contributed by atoms with Crippen molar-refractivity contribution in [2.45, 2.75) is 0 Å². The van der Waals surface area contributed by atoms with Crippen LogP contribution >= 0.6 is 11.9 Å². The van der Waals surface area contributed by atoms with Gasteiger partial charge in [0.25, 0.3) is 0 Å². The Hall–Kier alpha value is 0.230. The van der Waals surface area contributed by atoms with Gasteiger partial charge in [-0.25, -0.2) is 4.83 Å². The van der Waals surface area contributed by atoms with E-state index in [1.807, 2.05) is 0 Å². The van der Waals surface area contributed by atoms with Gasteiger partial charge in [-0.3, -0.25) is 0 Å². The van der Waals surface area contributed by atoms with Crippen LogP contribution in [0.3, 0.4) is 0 Å². The molecule has 36 valence electrons. The third kappa shape index (κ3) is 0.844. The lowest BCUT2D eigenvalue weighted by Crippen LogP contribution is -2.19. The van der Waals surface area contributed by atoms with E-state index < -0.39 is 0 Å². The smallest absolute Gasteiger partial charge is 0.0222 e. The minimum atomic E-state index is 0.616. The van der Waals surface area contributed by atoms with Gasteiger partial charge in [0.05, 0.1) is 0 Å². The van der Waals surface area contributed by atoms with Crippen LogP contribution < -0.4 is 4.83 Å². The molecule has 0 bridgehead atoms. The first-order valence-electron chi connectivity index (χ1n) is 1.72. The highest BCUT2D eigenvalue weighted by molar-refractivity contribution is 7.97. The van der Waals surface area contributed by atoms with Gasteiger partial charge in [0.1, 0.15) is 0 Å². The Morgan fingerprint density at radius 1 is 1.83 bits per heavy atom. The molecule has 0 aliphatic carbocycles. The summed E-state index contributed by atoms with van der Waals surface area (Å²) >= 11 is 1.45. The van der Waals surface area contributed by atoms with Gasteiger partial charge in [-0.1, -0.05) is 11.9 Å². The molecule has 1 aliphatic heterocycles. The second kappa shape index (κ2) is 1.79. The van der Waals surface area contributed by atoms with Crippen LogP contribution in [0.5, 0.6) is 0 Å². The van der Waals surface area contributed by atoms with Gasteiger partial charge in [-0.05, 0) is 0 Å². The molecule has 0 atom stereocenters. The van der Waals surface area contributed by atoms with Crippen molar-refractivity contribution in [1.82, 2.24) is 10.0 Å². The summed E-state index contributed by atoms with van der Waals surface area (Å²) in [5, 5.41) is 10.9. The van der Waals surface area contributed by atoms with Gasteiger partial charge in [-0.15, -0.1) is 0 Å². The number of rotatable bonds is 0. The first-order chi connectivity index (χ1) is 2.89. The monoisotopic (exact) mass is 105 g/mol. The van der Waals surface area contributed by atoms with Crippen LogP contribution in [0, 0.1) is 5.21 Å². The Morgan fingerprint density at radius 2 is 2.67 bits per heavy atom. The van der Waals surface area contributed by atoms with Crippen molar-refractivity contribution >= 4 is 11.9 Å². The van der Waals surface area contributed by atoms with Crippen LogP contribution in [0.15, 0.2) is 0 Å². The number of hydrazine groups is 1. The molecule has 0 unspecified atom stereocenters. The van der Waals surface area contributed by atoms with E-state index in [4.69, 9.17) is 0 Å². The van der Waals surface area contributed by atoms with Crippen LogP contribution in [-0.4, -0.2) is 17.5 Å². The molecule has 0 amide bonds. The molecule has 1 aliphatic rings. The summed E-state index contributed by atoms with van der Waals surface area (Å²) in [5.41, 5.74) is 0. The SMILES string of the molecule is [O-]N1CCSN1. The van der Waals surface area contributed by atoms with Crippen molar-refractivity contribution in [1.29, 1.82) is 0 Å². The normalized spacial score (nSPS) is 25.5. The van der Waals surface area contributed by atoms with Crippen molar-refractivity contribution in [3.63, 3.8) is 0 Å². The van der Waals surface area contributed by atoms with Crippen molar-refractivity contribution in [3.05, 3.63) is 5.21 Å². The predicted octanol–water partition coefficient (Wildman–Crippen LogP) is -0.0474. The number of nitrogens with one attached hydrogen (secondary N) is 1. The second-order valence-corrected chi connectivity index (χ2v) is 1.92. The fourth-order valence-corrected chi connectivity index (χ4v) is 0.876. The topological polar surface area (TPSA) is 38.3 Å². The van der Waals surface area contributed by atoms with Gasteiger partial charge in [0, 0.05) is 12.3 Å². The fraction of sp³-hybridized carbons (Fsp3) is 1.00. The summed E-state index contributed by atoms with van der Waals surface area (Å²) in [6, 6.07) is 0. The van der Waals surface area contributed by atoms with Crippen LogP contribution in [0.2, 0.25) is 0 Å².